The lowest BCUT2D eigenvalue weighted by atomic mass is 9.83. The van der Waals surface area contributed by atoms with Crippen molar-refractivity contribution in [3.63, 3.8) is 0 Å². The van der Waals surface area contributed by atoms with Crippen LogP contribution in [-0.2, 0) is 0 Å². The second-order valence-electron chi connectivity index (χ2n) is 4.59. The van der Waals surface area contributed by atoms with E-state index >= 15 is 0 Å². The molecule has 0 aromatic rings. The van der Waals surface area contributed by atoms with E-state index in [4.69, 9.17) is 0 Å². The van der Waals surface area contributed by atoms with Gasteiger partial charge in [-0.2, -0.15) is 0 Å². The highest BCUT2D eigenvalue weighted by atomic mass is 14.9. The lowest BCUT2D eigenvalue weighted by molar-refractivity contribution is 0.269. The second-order valence-corrected chi connectivity index (χ2v) is 4.59. The van der Waals surface area contributed by atoms with Crippen molar-refractivity contribution < 1.29 is 0 Å². The highest BCUT2D eigenvalue weighted by Gasteiger charge is 2.30. The summed E-state index contributed by atoms with van der Waals surface area (Å²) in [4.78, 5) is 0. The molecule has 1 rings (SSSR count). The average molecular weight is 183 g/mol. The van der Waals surface area contributed by atoms with Gasteiger partial charge in [0.2, 0.25) is 0 Å². The van der Waals surface area contributed by atoms with Gasteiger partial charge in [-0.25, -0.2) is 0 Å². The van der Waals surface area contributed by atoms with Gasteiger partial charge in [0, 0.05) is 6.54 Å². The first-order chi connectivity index (χ1) is 6.33. The van der Waals surface area contributed by atoms with Gasteiger partial charge in [-0.3, -0.25) is 0 Å². The third kappa shape index (κ3) is 3.30. The minimum atomic E-state index is 0.674. The molecule has 1 N–H and O–H groups in total. The predicted molar refractivity (Wildman–Crippen MR) is 59.0 cm³/mol. The topological polar surface area (TPSA) is 12.0 Å². The third-order valence-corrected chi connectivity index (χ3v) is 3.62. The molecule has 0 aromatic heterocycles. The van der Waals surface area contributed by atoms with E-state index in [1.54, 1.807) is 0 Å². The van der Waals surface area contributed by atoms with Gasteiger partial charge in [0.05, 0.1) is 0 Å². The van der Waals surface area contributed by atoms with Crippen LogP contribution >= 0.6 is 0 Å². The van der Waals surface area contributed by atoms with Gasteiger partial charge in [-0.1, -0.05) is 33.1 Å². The molecule has 13 heavy (non-hydrogen) atoms. The van der Waals surface area contributed by atoms with Gasteiger partial charge in [0.15, 0.2) is 0 Å². The molecular weight excluding hydrogens is 158 g/mol. The molecule has 1 nitrogen and oxygen atoms in total. The maximum Gasteiger partial charge on any atom is 0.000770 e. The van der Waals surface area contributed by atoms with Crippen molar-refractivity contribution in [2.75, 3.05) is 13.1 Å². The Hall–Kier alpha value is -0.0400. The van der Waals surface area contributed by atoms with Crippen LogP contribution in [0.3, 0.4) is 0 Å². The standard InChI is InChI=1S/C12H25N/c1-3-5-10-13-11-12(4-2)8-6-7-9-12/h13H,3-11H2,1-2H3. The van der Waals surface area contributed by atoms with Gasteiger partial charge < -0.3 is 5.32 Å². The van der Waals surface area contributed by atoms with Crippen LogP contribution in [0.15, 0.2) is 0 Å². The summed E-state index contributed by atoms with van der Waals surface area (Å²) >= 11 is 0. The molecule has 0 heterocycles. The number of hydrogen-bond acceptors (Lipinski definition) is 1. The average Bonchev–Trinajstić information content (AvgIpc) is 2.62. The minimum absolute atomic E-state index is 0.674. The normalized spacial score (nSPS) is 20.8. The van der Waals surface area contributed by atoms with Crippen LogP contribution in [0.2, 0.25) is 0 Å². The van der Waals surface area contributed by atoms with E-state index in [2.05, 4.69) is 19.2 Å². The predicted octanol–water partition coefficient (Wildman–Crippen LogP) is 3.35. The van der Waals surface area contributed by atoms with Gasteiger partial charge in [-0.05, 0) is 37.6 Å². The number of unbranched alkanes of at least 4 members (excludes halogenated alkanes) is 1. The van der Waals surface area contributed by atoms with Crippen LogP contribution in [0.1, 0.15) is 58.8 Å². The highest BCUT2D eigenvalue weighted by molar-refractivity contribution is 4.85. The summed E-state index contributed by atoms with van der Waals surface area (Å²) in [5, 5.41) is 3.62. The summed E-state index contributed by atoms with van der Waals surface area (Å²) in [5.74, 6) is 0. The molecule has 0 radical (unpaired) electrons. The van der Waals surface area contributed by atoms with Crippen LogP contribution in [0.5, 0.6) is 0 Å². The first-order valence-corrected chi connectivity index (χ1v) is 6.04. The Morgan fingerprint density at radius 3 is 2.38 bits per heavy atom. The third-order valence-electron chi connectivity index (χ3n) is 3.62. The van der Waals surface area contributed by atoms with Crippen LogP contribution in [0.4, 0.5) is 0 Å². The number of rotatable bonds is 6. The summed E-state index contributed by atoms with van der Waals surface area (Å²) in [6.07, 6.45) is 9.86. The first-order valence-electron chi connectivity index (χ1n) is 6.04. The summed E-state index contributed by atoms with van der Waals surface area (Å²) in [5.41, 5.74) is 0.674. The van der Waals surface area contributed by atoms with Crippen molar-refractivity contribution in [2.45, 2.75) is 58.8 Å². The first kappa shape index (κ1) is 11.0. The fraction of sp³-hybridized carbons (Fsp3) is 1.00. The molecule has 1 heteroatoms. The second kappa shape index (κ2) is 5.64. The Bertz CT molecular complexity index is 125. The fourth-order valence-electron chi connectivity index (χ4n) is 2.44. The van der Waals surface area contributed by atoms with Crippen molar-refractivity contribution in [1.29, 1.82) is 0 Å². The molecule has 1 aliphatic carbocycles. The largest absolute Gasteiger partial charge is 0.316 e. The van der Waals surface area contributed by atoms with Crippen molar-refractivity contribution in [2.24, 2.45) is 5.41 Å². The van der Waals surface area contributed by atoms with E-state index < -0.39 is 0 Å². The molecule has 0 saturated heterocycles. The molecule has 78 valence electrons. The Morgan fingerprint density at radius 2 is 1.85 bits per heavy atom. The highest BCUT2D eigenvalue weighted by Crippen LogP contribution is 2.40. The number of nitrogens with one attached hydrogen (secondary N) is 1. The summed E-state index contributed by atoms with van der Waals surface area (Å²) in [6.45, 7) is 7.10. The Morgan fingerprint density at radius 1 is 1.15 bits per heavy atom. The lowest BCUT2D eigenvalue weighted by Crippen LogP contribution is -2.32. The van der Waals surface area contributed by atoms with Crippen LogP contribution in [0.25, 0.3) is 0 Å². The molecule has 0 aromatic carbocycles. The van der Waals surface area contributed by atoms with Crippen LogP contribution < -0.4 is 5.32 Å². The van der Waals surface area contributed by atoms with E-state index in [9.17, 15) is 0 Å². The van der Waals surface area contributed by atoms with E-state index in [1.807, 2.05) is 0 Å². The van der Waals surface area contributed by atoms with Crippen molar-refractivity contribution in [3.05, 3.63) is 0 Å². The molecular formula is C12H25N. The van der Waals surface area contributed by atoms with Gasteiger partial charge >= 0.3 is 0 Å². The quantitative estimate of drug-likeness (QED) is 0.623. The van der Waals surface area contributed by atoms with Crippen LogP contribution in [-0.4, -0.2) is 13.1 Å². The van der Waals surface area contributed by atoms with E-state index in [0.717, 1.165) is 0 Å². The molecule has 0 atom stereocenters. The zero-order valence-corrected chi connectivity index (χ0v) is 9.36. The summed E-state index contributed by atoms with van der Waals surface area (Å²) in [7, 11) is 0. The summed E-state index contributed by atoms with van der Waals surface area (Å²) < 4.78 is 0. The lowest BCUT2D eigenvalue weighted by Gasteiger charge is -2.27. The van der Waals surface area contributed by atoms with Crippen molar-refractivity contribution in [1.82, 2.24) is 5.32 Å². The fourth-order valence-corrected chi connectivity index (χ4v) is 2.44. The summed E-state index contributed by atoms with van der Waals surface area (Å²) in [6, 6.07) is 0. The van der Waals surface area contributed by atoms with Gasteiger partial charge in [-0.15, -0.1) is 0 Å². The monoisotopic (exact) mass is 183 g/mol. The zero-order valence-electron chi connectivity index (χ0n) is 9.36. The SMILES string of the molecule is CCCCNCC1(CC)CCCC1. The Balaban J connectivity index is 2.16. The van der Waals surface area contributed by atoms with Gasteiger partial charge in [0.1, 0.15) is 0 Å². The molecule has 0 spiro atoms. The van der Waals surface area contributed by atoms with Gasteiger partial charge in [0.25, 0.3) is 0 Å². The smallest absolute Gasteiger partial charge is 0.000770 e. The molecule has 1 saturated carbocycles. The molecule has 1 aliphatic rings. The van der Waals surface area contributed by atoms with Crippen molar-refractivity contribution >= 4 is 0 Å². The molecule has 0 unspecified atom stereocenters. The maximum absolute atomic E-state index is 3.62. The van der Waals surface area contributed by atoms with Crippen LogP contribution in [0, 0.1) is 5.41 Å². The zero-order chi connectivity index (χ0) is 9.57. The molecule has 0 amide bonds. The molecule has 0 aliphatic heterocycles. The molecule has 1 fully saturated rings. The van der Waals surface area contributed by atoms with E-state index in [-0.39, 0.29) is 0 Å². The van der Waals surface area contributed by atoms with Crippen molar-refractivity contribution in [3.8, 4) is 0 Å². The minimum Gasteiger partial charge on any atom is -0.316 e. The van der Waals surface area contributed by atoms with E-state index in [1.165, 1.54) is 58.0 Å². The number of hydrogen-bond donors (Lipinski definition) is 1. The Labute approximate surface area is 83.3 Å². The Kier molecular flexibility index (Phi) is 4.79. The maximum atomic E-state index is 3.62. The molecule has 0 bridgehead atoms. The van der Waals surface area contributed by atoms with E-state index in [0.29, 0.717) is 5.41 Å².